The third-order valence-corrected chi connectivity index (χ3v) is 4.82. The maximum absolute atomic E-state index is 11.4. The minimum absolute atomic E-state index is 0.449. The Hall–Kier alpha value is -1.82. The number of halogens is 3. The van der Waals surface area contributed by atoms with Crippen LogP contribution in [0.25, 0.3) is 11.0 Å². The number of aromatic nitrogens is 3. The number of fused-ring (bicyclic) bond motifs is 3. The Labute approximate surface area is 152 Å². The molecule has 1 aromatic carbocycles. The maximum atomic E-state index is 11.4. The second-order valence-electron chi connectivity index (χ2n) is 5.48. The van der Waals surface area contributed by atoms with Gasteiger partial charge in [0.15, 0.2) is 12.1 Å². The topological polar surface area (TPSA) is 51.0 Å². The number of carbonyl (C=O) groups is 1. The van der Waals surface area contributed by atoms with Crippen molar-refractivity contribution >= 4 is 63.9 Å². The van der Waals surface area contributed by atoms with Crippen LogP contribution in [-0.4, -0.2) is 27.4 Å². The van der Waals surface area contributed by atoms with Crippen LogP contribution in [0.5, 0.6) is 0 Å². The van der Waals surface area contributed by atoms with Crippen molar-refractivity contribution in [2.75, 3.05) is 11.4 Å². The van der Waals surface area contributed by atoms with Crippen molar-refractivity contribution in [2.45, 2.75) is 13.0 Å². The number of hydrogen-bond donors (Lipinski definition) is 0. The molecule has 0 unspecified atom stereocenters. The fourth-order valence-corrected chi connectivity index (χ4v) is 3.70. The summed E-state index contributed by atoms with van der Waals surface area (Å²) in [6, 6.07) is 5.04. The van der Waals surface area contributed by atoms with E-state index in [-0.39, 0.29) is 0 Å². The number of nitrogens with zero attached hydrogens (tertiary/aromatic N) is 4. The van der Waals surface area contributed by atoms with Crippen molar-refractivity contribution in [3.8, 4) is 0 Å². The number of imidazole rings is 1. The highest BCUT2D eigenvalue weighted by Crippen LogP contribution is 2.37. The summed E-state index contributed by atoms with van der Waals surface area (Å²) in [5.41, 5.74) is 1.90. The zero-order valence-corrected chi connectivity index (χ0v) is 14.6. The summed E-state index contributed by atoms with van der Waals surface area (Å²) in [5.74, 6) is 1.25. The molecule has 0 aliphatic carbocycles. The number of aldehydes is 1. The fraction of sp³-hybridized carbons (Fsp3) is 0.188. The molecule has 0 fully saturated rings. The first-order valence-electron chi connectivity index (χ1n) is 7.32. The van der Waals surface area contributed by atoms with Gasteiger partial charge in [0.1, 0.15) is 5.52 Å². The minimum Gasteiger partial charge on any atom is -0.309 e. The van der Waals surface area contributed by atoms with E-state index in [1.807, 2.05) is 9.47 Å². The van der Waals surface area contributed by atoms with Crippen molar-refractivity contribution in [2.24, 2.45) is 0 Å². The van der Waals surface area contributed by atoms with Crippen molar-refractivity contribution < 1.29 is 4.79 Å². The van der Waals surface area contributed by atoms with Crippen LogP contribution in [0.2, 0.25) is 15.1 Å². The van der Waals surface area contributed by atoms with Gasteiger partial charge in [-0.2, -0.15) is 0 Å². The van der Waals surface area contributed by atoms with Gasteiger partial charge in [-0.05, 0) is 24.6 Å². The molecule has 0 radical (unpaired) electrons. The molecular formula is C16H11Cl3N4O. The van der Waals surface area contributed by atoms with E-state index in [0.29, 0.717) is 44.5 Å². The monoisotopic (exact) mass is 380 g/mol. The molecular weight excluding hydrogens is 371 g/mol. The lowest BCUT2D eigenvalue weighted by Gasteiger charge is -2.29. The molecule has 0 bridgehead atoms. The van der Waals surface area contributed by atoms with E-state index in [1.165, 1.54) is 0 Å². The summed E-state index contributed by atoms with van der Waals surface area (Å²) in [6.45, 7) is 1.46. The van der Waals surface area contributed by atoms with Crippen molar-refractivity contribution in [3.63, 3.8) is 0 Å². The van der Waals surface area contributed by atoms with Crippen LogP contribution in [0.15, 0.2) is 24.4 Å². The lowest BCUT2D eigenvalue weighted by atomic mass is 10.2. The average molecular weight is 382 g/mol. The number of carbonyl (C=O) groups excluding carboxylic acids is 1. The molecule has 0 amide bonds. The number of anilines is 2. The first kappa shape index (κ1) is 15.7. The van der Waals surface area contributed by atoms with Gasteiger partial charge in [-0.25, -0.2) is 9.97 Å². The van der Waals surface area contributed by atoms with E-state index in [2.05, 4.69) is 9.97 Å². The van der Waals surface area contributed by atoms with Crippen LogP contribution in [-0.2, 0) is 6.54 Å². The highest BCUT2D eigenvalue weighted by molar-refractivity contribution is 6.36. The Kier molecular flexibility index (Phi) is 3.87. The number of benzene rings is 1. The number of hydrogen-bond acceptors (Lipinski definition) is 4. The second-order valence-corrected chi connectivity index (χ2v) is 6.73. The molecule has 1 aliphatic rings. The van der Waals surface area contributed by atoms with Gasteiger partial charge in [0, 0.05) is 24.8 Å². The molecule has 4 rings (SSSR count). The Morgan fingerprint density at radius 1 is 1.12 bits per heavy atom. The van der Waals surface area contributed by atoms with E-state index in [9.17, 15) is 4.79 Å². The number of aryl methyl sites for hydroxylation is 1. The summed E-state index contributed by atoms with van der Waals surface area (Å²) < 4.78 is 1.99. The molecule has 2 aromatic heterocycles. The van der Waals surface area contributed by atoms with E-state index < -0.39 is 0 Å². The molecule has 0 atom stereocenters. The molecule has 0 saturated carbocycles. The van der Waals surface area contributed by atoms with Gasteiger partial charge in [0.25, 0.3) is 0 Å². The largest absolute Gasteiger partial charge is 0.309 e. The SMILES string of the molecule is O=Cc1ccc(Cl)c2nc3n(c12)CCCN3c1ncc(Cl)cc1Cl. The summed E-state index contributed by atoms with van der Waals surface area (Å²) in [4.78, 5) is 22.3. The minimum atomic E-state index is 0.449. The Bertz CT molecular complexity index is 970. The molecule has 5 nitrogen and oxygen atoms in total. The van der Waals surface area contributed by atoms with Gasteiger partial charge in [-0.3, -0.25) is 9.69 Å². The lowest BCUT2D eigenvalue weighted by Crippen LogP contribution is -2.29. The highest BCUT2D eigenvalue weighted by Gasteiger charge is 2.27. The van der Waals surface area contributed by atoms with Crippen LogP contribution in [0, 0.1) is 0 Å². The van der Waals surface area contributed by atoms with Gasteiger partial charge in [0.2, 0.25) is 5.95 Å². The van der Waals surface area contributed by atoms with Crippen LogP contribution in [0.1, 0.15) is 16.8 Å². The molecule has 0 spiro atoms. The van der Waals surface area contributed by atoms with Gasteiger partial charge in [-0.15, -0.1) is 0 Å². The fourth-order valence-electron chi connectivity index (χ4n) is 3.03. The predicted molar refractivity (Wildman–Crippen MR) is 96.0 cm³/mol. The molecule has 1 aliphatic heterocycles. The Morgan fingerprint density at radius 3 is 2.71 bits per heavy atom. The quantitative estimate of drug-likeness (QED) is 0.601. The molecule has 24 heavy (non-hydrogen) atoms. The standard InChI is InChI=1S/C16H11Cl3N4O/c17-10-6-12(19)15(20-7-10)23-5-1-4-22-14-9(8-24)2-3-11(18)13(14)21-16(22)23/h2-3,6-8H,1,4-5H2. The van der Waals surface area contributed by atoms with Gasteiger partial charge in [0.05, 0.1) is 20.6 Å². The van der Waals surface area contributed by atoms with Crippen LogP contribution in [0.4, 0.5) is 11.8 Å². The lowest BCUT2D eigenvalue weighted by molar-refractivity contribution is 0.112. The normalized spacial score (nSPS) is 14.0. The first-order valence-corrected chi connectivity index (χ1v) is 8.46. The van der Waals surface area contributed by atoms with E-state index in [1.54, 1.807) is 24.4 Å². The smallest absolute Gasteiger partial charge is 0.212 e. The third kappa shape index (κ3) is 2.35. The molecule has 3 heterocycles. The van der Waals surface area contributed by atoms with Gasteiger partial charge < -0.3 is 4.57 Å². The van der Waals surface area contributed by atoms with Crippen LogP contribution in [0.3, 0.4) is 0 Å². The van der Waals surface area contributed by atoms with Crippen molar-refractivity contribution in [3.05, 3.63) is 45.0 Å². The predicted octanol–water partition coefficient (Wildman–Crippen LogP) is 4.75. The van der Waals surface area contributed by atoms with Gasteiger partial charge >= 0.3 is 0 Å². The van der Waals surface area contributed by atoms with Crippen LogP contribution >= 0.6 is 34.8 Å². The Balaban J connectivity index is 1.97. The maximum Gasteiger partial charge on any atom is 0.212 e. The second kappa shape index (κ2) is 5.92. The summed E-state index contributed by atoms with van der Waals surface area (Å²) in [5, 5.41) is 1.43. The average Bonchev–Trinajstić information content (AvgIpc) is 2.96. The van der Waals surface area contributed by atoms with Crippen molar-refractivity contribution in [1.82, 2.24) is 14.5 Å². The molecule has 122 valence electrons. The van der Waals surface area contributed by atoms with Crippen molar-refractivity contribution in [1.29, 1.82) is 0 Å². The van der Waals surface area contributed by atoms with E-state index in [4.69, 9.17) is 34.8 Å². The molecule has 0 N–H and O–H groups in total. The zero-order valence-electron chi connectivity index (χ0n) is 12.3. The summed E-state index contributed by atoms with van der Waals surface area (Å²) in [6.07, 6.45) is 3.23. The molecule has 3 aromatic rings. The summed E-state index contributed by atoms with van der Waals surface area (Å²) in [7, 11) is 0. The first-order chi connectivity index (χ1) is 11.6. The third-order valence-electron chi connectivity index (χ3n) is 4.03. The molecule has 0 saturated heterocycles. The van der Waals surface area contributed by atoms with E-state index in [0.717, 1.165) is 24.8 Å². The van der Waals surface area contributed by atoms with E-state index >= 15 is 0 Å². The Morgan fingerprint density at radius 2 is 1.96 bits per heavy atom. The zero-order chi connectivity index (χ0) is 16.8. The van der Waals surface area contributed by atoms with Crippen LogP contribution < -0.4 is 4.90 Å². The number of rotatable bonds is 2. The molecule has 8 heteroatoms. The van der Waals surface area contributed by atoms with Gasteiger partial charge in [-0.1, -0.05) is 34.8 Å². The highest BCUT2D eigenvalue weighted by atomic mass is 35.5. The summed E-state index contributed by atoms with van der Waals surface area (Å²) >= 11 is 18.5. The number of pyridine rings is 1.